The Bertz CT molecular complexity index is 597. The number of nitrogens with zero attached hydrogens (tertiary/aromatic N) is 3. The van der Waals surface area contributed by atoms with Gasteiger partial charge in [0.25, 0.3) is 0 Å². The molecule has 2 aromatic rings. The number of ether oxygens (including phenoxy) is 2. The molecule has 0 saturated carbocycles. The summed E-state index contributed by atoms with van der Waals surface area (Å²) in [6, 6.07) is 6.08. The smallest absolute Gasteiger partial charge is 0.161 e. The third-order valence-corrected chi connectivity index (χ3v) is 3.46. The second-order valence-corrected chi connectivity index (χ2v) is 4.97. The molecule has 0 bridgehead atoms. The van der Waals surface area contributed by atoms with Gasteiger partial charge in [0.15, 0.2) is 11.5 Å². The Morgan fingerprint density at radius 1 is 1.19 bits per heavy atom. The Labute approximate surface area is 124 Å². The van der Waals surface area contributed by atoms with Gasteiger partial charge >= 0.3 is 0 Å². The quantitative estimate of drug-likeness (QED) is 0.908. The molecule has 1 N–H and O–H groups in total. The topological polar surface area (TPSA) is 61.2 Å². The van der Waals surface area contributed by atoms with Crippen molar-refractivity contribution in [3.63, 3.8) is 0 Å². The summed E-state index contributed by atoms with van der Waals surface area (Å²) in [6.45, 7) is 5.85. The maximum atomic E-state index is 5.70. The third-order valence-electron chi connectivity index (χ3n) is 3.46. The van der Waals surface area contributed by atoms with E-state index in [1.807, 2.05) is 16.7 Å². The van der Waals surface area contributed by atoms with Crippen LogP contribution < -0.4 is 14.8 Å². The SMILES string of the molecule is CCn1cnnc1CNCc1ccc2c(c1)OCCCO2. The first kappa shape index (κ1) is 13.9. The molecule has 0 amide bonds. The molecule has 0 spiro atoms. The Hall–Kier alpha value is -2.08. The lowest BCUT2D eigenvalue weighted by atomic mass is 10.2. The molecule has 6 heteroatoms. The van der Waals surface area contributed by atoms with Gasteiger partial charge in [0.1, 0.15) is 12.2 Å². The number of hydrogen-bond acceptors (Lipinski definition) is 5. The van der Waals surface area contributed by atoms with E-state index in [2.05, 4.69) is 28.5 Å². The Kier molecular flexibility index (Phi) is 4.35. The van der Waals surface area contributed by atoms with Gasteiger partial charge in [0, 0.05) is 19.5 Å². The van der Waals surface area contributed by atoms with Gasteiger partial charge in [-0.15, -0.1) is 10.2 Å². The second-order valence-electron chi connectivity index (χ2n) is 4.97. The van der Waals surface area contributed by atoms with Gasteiger partial charge in [-0.05, 0) is 24.6 Å². The van der Waals surface area contributed by atoms with Gasteiger partial charge in [0.05, 0.1) is 19.8 Å². The van der Waals surface area contributed by atoms with Crippen LogP contribution in [-0.4, -0.2) is 28.0 Å². The molecule has 0 atom stereocenters. The highest BCUT2D eigenvalue weighted by atomic mass is 16.5. The lowest BCUT2D eigenvalue weighted by Gasteiger charge is -2.10. The largest absolute Gasteiger partial charge is 0.490 e. The molecule has 112 valence electrons. The number of rotatable bonds is 5. The number of nitrogens with one attached hydrogen (secondary N) is 1. The van der Waals surface area contributed by atoms with Crippen LogP contribution >= 0.6 is 0 Å². The lowest BCUT2D eigenvalue weighted by molar-refractivity contribution is 0.297. The normalized spacial score (nSPS) is 14.0. The number of benzene rings is 1. The van der Waals surface area contributed by atoms with Gasteiger partial charge in [0.2, 0.25) is 0 Å². The van der Waals surface area contributed by atoms with E-state index >= 15 is 0 Å². The molecule has 3 rings (SSSR count). The first-order valence-electron chi connectivity index (χ1n) is 7.32. The van der Waals surface area contributed by atoms with Crippen molar-refractivity contribution in [1.82, 2.24) is 20.1 Å². The van der Waals surface area contributed by atoms with Gasteiger partial charge in [-0.2, -0.15) is 0 Å². The fourth-order valence-corrected chi connectivity index (χ4v) is 2.32. The fraction of sp³-hybridized carbons (Fsp3) is 0.467. The van der Waals surface area contributed by atoms with E-state index in [0.29, 0.717) is 13.2 Å². The molecule has 1 aromatic carbocycles. The van der Waals surface area contributed by atoms with Crippen molar-refractivity contribution in [2.45, 2.75) is 33.0 Å². The van der Waals surface area contributed by atoms with Crippen LogP contribution in [0.1, 0.15) is 24.7 Å². The van der Waals surface area contributed by atoms with E-state index in [4.69, 9.17) is 9.47 Å². The number of fused-ring (bicyclic) bond motifs is 1. The van der Waals surface area contributed by atoms with Crippen LogP contribution in [0.4, 0.5) is 0 Å². The van der Waals surface area contributed by atoms with E-state index in [1.54, 1.807) is 6.33 Å². The Morgan fingerprint density at radius 2 is 2.05 bits per heavy atom. The van der Waals surface area contributed by atoms with Crippen molar-refractivity contribution >= 4 is 0 Å². The van der Waals surface area contributed by atoms with Crippen molar-refractivity contribution in [3.05, 3.63) is 35.9 Å². The standard InChI is InChI=1S/C15H20N4O2/c1-2-19-11-17-18-15(19)10-16-9-12-4-5-13-14(8-12)21-7-3-6-20-13/h4-5,8,11,16H,2-3,6-7,9-10H2,1H3. The number of aromatic nitrogens is 3. The second kappa shape index (κ2) is 6.58. The first-order valence-corrected chi connectivity index (χ1v) is 7.32. The van der Waals surface area contributed by atoms with Gasteiger partial charge in [-0.25, -0.2) is 0 Å². The van der Waals surface area contributed by atoms with E-state index < -0.39 is 0 Å². The van der Waals surface area contributed by atoms with Crippen LogP contribution in [0.2, 0.25) is 0 Å². The Balaban J connectivity index is 1.59. The van der Waals surface area contributed by atoms with Crippen LogP contribution in [0.15, 0.2) is 24.5 Å². The van der Waals surface area contributed by atoms with Crippen LogP contribution in [0, 0.1) is 0 Å². The average Bonchev–Trinajstić information content (AvgIpc) is 2.83. The zero-order valence-corrected chi connectivity index (χ0v) is 12.2. The van der Waals surface area contributed by atoms with Gasteiger partial charge in [-0.1, -0.05) is 6.07 Å². The molecule has 21 heavy (non-hydrogen) atoms. The molecule has 1 aromatic heterocycles. The van der Waals surface area contributed by atoms with Crippen LogP contribution in [0.25, 0.3) is 0 Å². The first-order chi connectivity index (χ1) is 10.4. The molecule has 0 fully saturated rings. The minimum absolute atomic E-state index is 0.697. The average molecular weight is 288 g/mol. The molecule has 1 aliphatic rings. The lowest BCUT2D eigenvalue weighted by Crippen LogP contribution is -2.16. The zero-order valence-electron chi connectivity index (χ0n) is 12.2. The van der Waals surface area contributed by atoms with Crippen LogP contribution in [-0.2, 0) is 19.6 Å². The Morgan fingerprint density at radius 3 is 2.90 bits per heavy atom. The molecule has 0 unspecified atom stereocenters. The predicted octanol–water partition coefficient (Wildman–Crippen LogP) is 1.75. The third kappa shape index (κ3) is 3.33. The van der Waals surface area contributed by atoms with E-state index in [9.17, 15) is 0 Å². The van der Waals surface area contributed by atoms with E-state index in [0.717, 1.165) is 43.4 Å². The maximum Gasteiger partial charge on any atom is 0.161 e. The summed E-state index contributed by atoms with van der Waals surface area (Å²) in [5, 5.41) is 11.4. The summed E-state index contributed by atoms with van der Waals surface area (Å²) in [7, 11) is 0. The van der Waals surface area contributed by atoms with Crippen LogP contribution in [0.5, 0.6) is 11.5 Å². The summed E-state index contributed by atoms with van der Waals surface area (Å²) in [5.41, 5.74) is 1.17. The zero-order chi connectivity index (χ0) is 14.5. The molecule has 0 saturated heterocycles. The summed E-state index contributed by atoms with van der Waals surface area (Å²) in [5.74, 6) is 2.62. The number of hydrogen-bond donors (Lipinski definition) is 1. The minimum Gasteiger partial charge on any atom is -0.490 e. The summed E-state index contributed by atoms with van der Waals surface area (Å²) < 4.78 is 13.4. The van der Waals surface area contributed by atoms with E-state index in [-0.39, 0.29) is 0 Å². The summed E-state index contributed by atoms with van der Waals surface area (Å²) >= 11 is 0. The fourth-order valence-electron chi connectivity index (χ4n) is 2.32. The summed E-state index contributed by atoms with van der Waals surface area (Å²) in [4.78, 5) is 0. The monoisotopic (exact) mass is 288 g/mol. The molecule has 0 aliphatic carbocycles. The van der Waals surface area contributed by atoms with Crippen molar-refractivity contribution in [3.8, 4) is 11.5 Å². The predicted molar refractivity (Wildman–Crippen MR) is 78.3 cm³/mol. The molecule has 6 nitrogen and oxygen atoms in total. The van der Waals surface area contributed by atoms with Crippen LogP contribution in [0.3, 0.4) is 0 Å². The summed E-state index contributed by atoms with van der Waals surface area (Å²) in [6.07, 6.45) is 2.68. The highest BCUT2D eigenvalue weighted by Crippen LogP contribution is 2.30. The minimum atomic E-state index is 0.697. The highest BCUT2D eigenvalue weighted by molar-refractivity contribution is 5.43. The van der Waals surface area contributed by atoms with Gasteiger partial charge in [-0.3, -0.25) is 0 Å². The highest BCUT2D eigenvalue weighted by Gasteiger charge is 2.10. The van der Waals surface area contributed by atoms with Crippen molar-refractivity contribution in [2.75, 3.05) is 13.2 Å². The molecule has 1 aliphatic heterocycles. The molecular weight excluding hydrogens is 268 g/mol. The number of aryl methyl sites for hydroxylation is 1. The van der Waals surface area contributed by atoms with Gasteiger partial charge < -0.3 is 19.4 Å². The maximum absolute atomic E-state index is 5.70. The van der Waals surface area contributed by atoms with Crippen molar-refractivity contribution < 1.29 is 9.47 Å². The van der Waals surface area contributed by atoms with Crippen molar-refractivity contribution in [2.24, 2.45) is 0 Å². The van der Waals surface area contributed by atoms with E-state index in [1.165, 1.54) is 5.56 Å². The van der Waals surface area contributed by atoms with Crippen molar-refractivity contribution in [1.29, 1.82) is 0 Å². The molecule has 2 heterocycles. The molecular formula is C15H20N4O2. The molecule has 0 radical (unpaired) electrons.